The van der Waals surface area contributed by atoms with Crippen LogP contribution in [0.4, 0.5) is 5.82 Å². The fraction of sp³-hybridized carbons (Fsp3) is 0.467. The number of hydrogen-bond acceptors (Lipinski definition) is 3. The van der Waals surface area contributed by atoms with Crippen LogP contribution in [0.25, 0.3) is 10.8 Å². The van der Waals surface area contributed by atoms with Crippen molar-refractivity contribution in [3.05, 3.63) is 30.0 Å². The van der Waals surface area contributed by atoms with Crippen molar-refractivity contribution in [2.24, 2.45) is 5.92 Å². The SMILES string of the molecule is Cc1nnc(N2CCC(Cl)C(C)C2)c2ccccc12. The Morgan fingerprint density at radius 3 is 2.68 bits per heavy atom. The smallest absolute Gasteiger partial charge is 0.159 e. The van der Waals surface area contributed by atoms with Crippen LogP contribution in [0.5, 0.6) is 0 Å². The Balaban J connectivity index is 2.04. The quantitative estimate of drug-likeness (QED) is 0.747. The summed E-state index contributed by atoms with van der Waals surface area (Å²) in [6.07, 6.45) is 1.01. The molecule has 1 aliphatic rings. The Kier molecular flexibility index (Phi) is 3.31. The highest BCUT2D eigenvalue weighted by Crippen LogP contribution is 2.30. The number of rotatable bonds is 1. The van der Waals surface area contributed by atoms with E-state index in [4.69, 9.17) is 11.6 Å². The second-order valence-corrected chi connectivity index (χ2v) is 5.94. The number of hydrogen-bond donors (Lipinski definition) is 0. The van der Waals surface area contributed by atoms with E-state index in [2.05, 4.69) is 46.3 Å². The highest BCUT2D eigenvalue weighted by Gasteiger charge is 2.26. The van der Waals surface area contributed by atoms with Gasteiger partial charge in [-0.25, -0.2) is 0 Å². The van der Waals surface area contributed by atoms with Gasteiger partial charge in [0.2, 0.25) is 0 Å². The maximum absolute atomic E-state index is 6.30. The van der Waals surface area contributed by atoms with E-state index in [9.17, 15) is 0 Å². The van der Waals surface area contributed by atoms with E-state index in [1.54, 1.807) is 0 Å². The predicted molar refractivity (Wildman–Crippen MR) is 79.9 cm³/mol. The first-order chi connectivity index (χ1) is 9.16. The molecule has 100 valence electrons. The van der Waals surface area contributed by atoms with Gasteiger partial charge in [-0.2, -0.15) is 5.10 Å². The number of aromatic nitrogens is 2. The average molecular weight is 276 g/mol. The third-order valence-electron chi connectivity index (χ3n) is 3.95. The van der Waals surface area contributed by atoms with E-state index < -0.39 is 0 Å². The van der Waals surface area contributed by atoms with Crippen LogP contribution >= 0.6 is 11.6 Å². The number of benzene rings is 1. The molecule has 0 saturated carbocycles. The summed E-state index contributed by atoms with van der Waals surface area (Å²) in [6.45, 7) is 6.12. The third-order valence-corrected chi connectivity index (χ3v) is 4.60. The lowest BCUT2D eigenvalue weighted by atomic mass is 9.99. The summed E-state index contributed by atoms with van der Waals surface area (Å²) in [5.74, 6) is 1.48. The van der Waals surface area contributed by atoms with Gasteiger partial charge >= 0.3 is 0 Å². The zero-order valence-corrected chi connectivity index (χ0v) is 12.1. The second kappa shape index (κ2) is 4.97. The lowest BCUT2D eigenvalue weighted by molar-refractivity contribution is 0.452. The molecule has 3 nitrogen and oxygen atoms in total. The van der Waals surface area contributed by atoms with Crippen LogP contribution in [0.1, 0.15) is 19.0 Å². The first-order valence-corrected chi connectivity index (χ1v) is 7.21. The molecule has 2 aromatic rings. The molecule has 1 aliphatic heterocycles. The first-order valence-electron chi connectivity index (χ1n) is 6.78. The zero-order chi connectivity index (χ0) is 13.4. The molecule has 2 unspecified atom stereocenters. The molecule has 1 aromatic carbocycles. The van der Waals surface area contributed by atoms with Crippen LogP contribution in [0.3, 0.4) is 0 Å². The minimum absolute atomic E-state index is 0.279. The first kappa shape index (κ1) is 12.7. The minimum atomic E-state index is 0.279. The van der Waals surface area contributed by atoms with Gasteiger partial charge in [-0.3, -0.25) is 0 Å². The van der Waals surface area contributed by atoms with Crippen molar-refractivity contribution < 1.29 is 0 Å². The summed E-state index contributed by atoms with van der Waals surface area (Å²) < 4.78 is 0. The summed E-state index contributed by atoms with van der Waals surface area (Å²) in [6, 6.07) is 8.35. The molecule has 1 aromatic heterocycles. The van der Waals surface area contributed by atoms with Crippen molar-refractivity contribution in [2.75, 3.05) is 18.0 Å². The molecule has 2 heterocycles. The van der Waals surface area contributed by atoms with E-state index in [0.29, 0.717) is 5.92 Å². The van der Waals surface area contributed by atoms with Gasteiger partial charge in [0.15, 0.2) is 5.82 Å². The molecule has 0 aliphatic carbocycles. The van der Waals surface area contributed by atoms with Crippen LogP contribution in [0.2, 0.25) is 0 Å². The molecule has 1 saturated heterocycles. The maximum Gasteiger partial charge on any atom is 0.159 e. The monoisotopic (exact) mass is 275 g/mol. The van der Waals surface area contributed by atoms with Crippen LogP contribution in [0, 0.1) is 12.8 Å². The molecule has 0 N–H and O–H groups in total. The van der Waals surface area contributed by atoms with E-state index in [0.717, 1.165) is 31.0 Å². The molecule has 0 amide bonds. The van der Waals surface area contributed by atoms with Gasteiger partial charge in [-0.15, -0.1) is 16.7 Å². The molecular formula is C15H18ClN3. The molecular weight excluding hydrogens is 258 g/mol. The predicted octanol–water partition coefficient (Wildman–Crippen LogP) is 3.39. The van der Waals surface area contributed by atoms with Gasteiger partial charge in [-0.05, 0) is 19.3 Å². The molecule has 0 bridgehead atoms. The summed E-state index contributed by atoms with van der Waals surface area (Å²) in [5, 5.41) is 11.4. The normalized spacial score (nSPS) is 23.8. The number of fused-ring (bicyclic) bond motifs is 1. The Hall–Kier alpha value is -1.35. The number of halogens is 1. The van der Waals surface area contributed by atoms with Crippen molar-refractivity contribution in [2.45, 2.75) is 25.6 Å². The molecule has 2 atom stereocenters. The van der Waals surface area contributed by atoms with Gasteiger partial charge in [-0.1, -0.05) is 31.2 Å². The minimum Gasteiger partial charge on any atom is -0.354 e. The van der Waals surface area contributed by atoms with Crippen molar-refractivity contribution >= 4 is 28.2 Å². The third kappa shape index (κ3) is 2.27. The maximum atomic E-state index is 6.30. The highest BCUT2D eigenvalue weighted by molar-refractivity contribution is 6.20. The lowest BCUT2D eigenvalue weighted by Gasteiger charge is -2.35. The standard InChI is InChI=1S/C15H18ClN3/c1-10-9-19(8-7-14(10)16)15-13-6-4-3-5-12(13)11(2)17-18-15/h3-6,10,14H,7-9H2,1-2H3. The Morgan fingerprint density at radius 2 is 1.95 bits per heavy atom. The number of alkyl halides is 1. The number of anilines is 1. The topological polar surface area (TPSA) is 29.0 Å². The van der Waals surface area contributed by atoms with Crippen LogP contribution < -0.4 is 4.90 Å². The van der Waals surface area contributed by atoms with E-state index in [1.807, 2.05) is 6.92 Å². The van der Waals surface area contributed by atoms with Gasteiger partial charge in [0.25, 0.3) is 0 Å². The van der Waals surface area contributed by atoms with Gasteiger partial charge in [0, 0.05) is 29.2 Å². The summed E-state index contributed by atoms with van der Waals surface area (Å²) in [4.78, 5) is 2.32. The van der Waals surface area contributed by atoms with Crippen LogP contribution in [0.15, 0.2) is 24.3 Å². The Morgan fingerprint density at radius 1 is 1.21 bits per heavy atom. The van der Waals surface area contributed by atoms with Gasteiger partial charge in [0.05, 0.1) is 5.69 Å². The van der Waals surface area contributed by atoms with Crippen molar-refractivity contribution in [3.8, 4) is 0 Å². The van der Waals surface area contributed by atoms with E-state index in [-0.39, 0.29) is 5.38 Å². The summed E-state index contributed by atoms with van der Waals surface area (Å²) >= 11 is 6.30. The van der Waals surface area contributed by atoms with E-state index >= 15 is 0 Å². The lowest BCUT2D eigenvalue weighted by Crippen LogP contribution is -2.40. The van der Waals surface area contributed by atoms with Crippen LogP contribution in [-0.4, -0.2) is 28.7 Å². The summed E-state index contributed by atoms with van der Waals surface area (Å²) in [7, 11) is 0. The molecule has 4 heteroatoms. The van der Waals surface area contributed by atoms with Crippen molar-refractivity contribution in [3.63, 3.8) is 0 Å². The van der Waals surface area contributed by atoms with E-state index in [1.165, 1.54) is 10.8 Å². The molecule has 19 heavy (non-hydrogen) atoms. The van der Waals surface area contributed by atoms with Crippen molar-refractivity contribution in [1.29, 1.82) is 0 Å². The number of piperidine rings is 1. The fourth-order valence-corrected chi connectivity index (χ4v) is 2.94. The summed E-state index contributed by atoms with van der Waals surface area (Å²) in [5.41, 5.74) is 0.986. The second-order valence-electron chi connectivity index (χ2n) is 5.38. The Bertz CT molecular complexity index is 599. The largest absolute Gasteiger partial charge is 0.354 e. The average Bonchev–Trinajstić information content (AvgIpc) is 2.43. The van der Waals surface area contributed by atoms with Gasteiger partial charge < -0.3 is 4.90 Å². The number of aryl methyl sites for hydroxylation is 1. The fourth-order valence-electron chi connectivity index (χ4n) is 2.77. The molecule has 0 radical (unpaired) electrons. The molecule has 0 spiro atoms. The number of nitrogens with zero attached hydrogens (tertiary/aromatic N) is 3. The van der Waals surface area contributed by atoms with Gasteiger partial charge in [0.1, 0.15) is 0 Å². The molecule has 1 fully saturated rings. The van der Waals surface area contributed by atoms with Crippen molar-refractivity contribution in [1.82, 2.24) is 10.2 Å². The van der Waals surface area contributed by atoms with Crippen LogP contribution in [-0.2, 0) is 0 Å². The zero-order valence-electron chi connectivity index (χ0n) is 11.3. The highest BCUT2D eigenvalue weighted by atomic mass is 35.5. The Labute approximate surface area is 118 Å². The molecule has 3 rings (SSSR count).